The zero-order chi connectivity index (χ0) is 16.8. The zero-order valence-corrected chi connectivity index (χ0v) is 15.8. The van der Waals surface area contributed by atoms with E-state index in [4.69, 9.17) is 9.73 Å². The van der Waals surface area contributed by atoms with Gasteiger partial charge in [0.05, 0.1) is 5.00 Å². The second-order valence-electron chi connectivity index (χ2n) is 6.84. The van der Waals surface area contributed by atoms with E-state index in [1.807, 2.05) is 11.3 Å². The lowest BCUT2D eigenvalue weighted by atomic mass is 10.0. The fourth-order valence-electron chi connectivity index (χ4n) is 3.24. The van der Waals surface area contributed by atoms with Gasteiger partial charge in [0.2, 0.25) is 0 Å². The number of nitrogens with one attached hydrogen (secondary N) is 1. The number of ether oxygens (including phenoxy) is 1. The Labute approximate surface area is 149 Å². The lowest BCUT2D eigenvalue weighted by Crippen LogP contribution is -2.52. The summed E-state index contributed by atoms with van der Waals surface area (Å²) in [4.78, 5) is 9.87. The Balaban J connectivity index is 1.55. The van der Waals surface area contributed by atoms with Crippen LogP contribution in [0.3, 0.4) is 0 Å². The molecule has 1 aromatic heterocycles. The van der Waals surface area contributed by atoms with Gasteiger partial charge in [0.15, 0.2) is 5.96 Å². The highest BCUT2D eigenvalue weighted by atomic mass is 32.1. The van der Waals surface area contributed by atoms with Crippen molar-refractivity contribution in [2.75, 3.05) is 57.9 Å². The Kier molecular flexibility index (Phi) is 6.00. The summed E-state index contributed by atoms with van der Waals surface area (Å²) in [5.41, 5.74) is 0.412. The Morgan fingerprint density at radius 3 is 2.71 bits per heavy atom. The van der Waals surface area contributed by atoms with Crippen LogP contribution in [0.15, 0.2) is 22.5 Å². The van der Waals surface area contributed by atoms with E-state index in [0.717, 1.165) is 58.3 Å². The van der Waals surface area contributed by atoms with E-state index in [9.17, 15) is 0 Å². The molecule has 0 radical (unpaired) electrons. The van der Waals surface area contributed by atoms with Gasteiger partial charge in [-0.15, -0.1) is 11.3 Å². The minimum absolute atomic E-state index is 0.412. The molecule has 0 aromatic carbocycles. The molecule has 1 aromatic rings. The van der Waals surface area contributed by atoms with E-state index in [1.165, 1.54) is 17.8 Å². The molecule has 0 atom stereocenters. The molecule has 3 rings (SSSR count). The summed E-state index contributed by atoms with van der Waals surface area (Å²) in [6, 6.07) is 4.35. The molecule has 0 amide bonds. The number of hydrogen-bond donors (Lipinski definition) is 1. The van der Waals surface area contributed by atoms with Gasteiger partial charge in [-0.2, -0.15) is 0 Å². The van der Waals surface area contributed by atoms with Crippen molar-refractivity contribution in [2.24, 2.45) is 10.4 Å². The maximum atomic E-state index is 5.26. The average molecular weight is 351 g/mol. The van der Waals surface area contributed by atoms with Gasteiger partial charge in [0.25, 0.3) is 0 Å². The molecular formula is C18H30N4OS. The van der Waals surface area contributed by atoms with Gasteiger partial charge in [-0.3, -0.25) is 4.99 Å². The third kappa shape index (κ3) is 4.42. The minimum atomic E-state index is 0.412. The van der Waals surface area contributed by atoms with Gasteiger partial charge < -0.3 is 19.9 Å². The first-order valence-corrected chi connectivity index (χ1v) is 9.95. The van der Waals surface area contributed by atoms with Crippen LogP contribution < -0.4 is 10.2 Å². The Bertz CT molecular complexity index is 519. The van der Waals surface area contributed by atoms with E-state index < -0.39 is 0 Å². The molecule has 2 aliphatic rings. The lowest BCUT2D eigenvalue weighted by molar-refractivity contribution is 0.174. The van der Waals surface area contributed by atoms with E-state index >= 15 is 0 Å². The highest BCUT2D eigenvalue weighted by Crippen LogP contribution is 2.49. The number of thiophene rings is 1. The third-order valence-corrected chi connectivity index (χ3v) is 6.02. The van der Waals surface area contributed by atoms with Crippen molar-refractivity contribution in [3.63, 3.8) is 0 Å². The van der Waals surface area contributed by atoms with Crippen molar-refractivity contribution < 1.29 is 4.74 Å². The SMILES string of the molecule is CCNC(=NCC1(CCOC)CC1)N1CCN(c2cccs2)CC1. The standard InChI is InChI=1S/C18H30N4OS/c1-3-19-17(20-15-18(6-7-18)8-13-23-2)22-11-9-21(10-12-22)16-5-4-14-24-16/h4-5,14H,3,6-13,15H2,1-2H3,(H,19,20). The first-order valence-electron chi connectivity index (χ1n) is 9.07. The summed E-state index contributed by atoms with van der Waals surface area (Å²) in [7, 11) is 1.79. The quantitative estimate of drug-likeness (QED) is 0.606. The van der Waals surface area contributed by atoms with Gasteiger partial charge in [0, 0.05) is 53.0 Å². The number of rotatable bonds is 7. The predicted molar refractivity (Wildman–Crippen MR) is 102 cm³/mol. The highest BCUT2D eigenvalue weighted by molar-refractivity contribution is 7.14. The van der Waals surface area contributed by atoms with Crippen LogP contribution >= 0.6 is 11.3 Å². The summed E-state index contributed by atoms with van der Waals surface area (Å²) >= 11 is 1.83. The van der Waals surface area contributed by atoms with Crippen molar-refractivity contribution in [3.8, 4) is 0 Å². The fourth-order valence-corrected chi connectivity index (χ4v) is 4.02. The molecule has 1 saturated carbocycles. The van der Waals surface area contributed by atoms with Crippen LogP contribution in [0.25, 0.3) is 0 Å². The van der Waals surface area contributed by atoms with Crippen molar-refractivity contribution in [3.05, 3.63) is 17.5 Å². The number of aliphatic imine (C=N–C) groups is 1. The van der Waals surface area contributed by atoms with E-state index in [2.05, 4.69) is 39.6 Å². The average Bonchev–Trinajstić information content (AvgIpc) is 3.17. The summed E-state index contributed by atoms with van der Waals surface area (Å²) in [6.07, 6.45) is 3.73. The molecule has 1 saturated heterocycles. The van der Waals surface area contributed by atoms with Gasteiger partial charge in [-0.25, -0.2) is 0 Å². The van der Waals surface area contributed by atoms with Crippen molar-refractivity contribution in [2.45, 2.75) is 26.2 Å². The lowest BCUT2D eigenvalue weighted by Gasteiger charge is -2.37. The van der Waals surface area contributed by atoms with E-state index in [0.29, 0.717) is 5.41 Å². The van der Waals surface area contributed by atoms with Gasteiger partial charge >= 0.3 is 0 Å². The molecule has 0 unspecified atom stereocenters. The predicted octanol–water partition coefficient (Wildman–Crippen LogP) is 2.65. The van der Waals surface area contributed by atoms with Crippen LogP contribution in [0.1, 0.15) is 26.2 Å². The molecule has 5 nitrogen and oxygen atoms in total. The molecule has 2 heterocycles. The molecule has 0 bridgehead atoms. The molecule has 24 heavy (non-hydrogen) atoms. The first-order chi connectivity index (χ1) is 11.8. The summed E-state index contributed by atoms with van der Waals surface area (Å²) in [6.45, 7) is 9.07. The zero-order valence-electron chi connectivity index (χ0n) is 15.0. The van der Waals surface area contributed by atoms with E-state index in [1.54, 1.807) is 7.11 Å². The van der Waals surface area contributed by atoms with Crippen LogP contribution in [-0.4, -0.2) is 63.8 Å². The summed E-state index contributed by atoms with van der Waals surface area (Å²) in [5.74, 6) is 1.09. The number of methoxy groups -OCH3 is 1. The molecule has 0 spiro atoms. The second-order valence-corrected chi connectivity index (χ2v) is 7.76. The first kappa shape index (κ1) is 17.5. The van der Waals surface area contributed by atoms with Crippen LogP contribution in [0.4, 0.5) is 5.00 Å². The molecular weight excluding hydrogens is 320 g/mol. The van der Waals surface area contributed by atoms with Gasteiger partial charge in [-0.1, -0.05) is 0 Å². The Morgan fingerprint density at radius 2 is 2.12 bits per heavy atom. The van der Waals surface area contributed by atoms with Crippen LogP contribution in [0, 0.1) is 5.41 Å². The van der Waals surface area contributed by atoms with Gasteiger partial charge in [-0.05, 0) is 49.1 Å². The van der Waals surface area contributed by atoms with Crippen molar-refractivity contribution in [1.82, 2.24) is 10.2 Å². The number of nitrogens with zero attached hydrogens (tertiary/aromatic N) is 3. The number of anilines is 1. The van der Waals surface area contributed by atoms with Crippen LogP contribution in [0.2, 0.25) is 0 Å². The fraction of sp³-hybridized carbons (Fsp3) is 0.722. The third-order valence-electron chi connectivity index (χ3n) is 5.09. The minimum Gasteiger partial charge on any atom is -0.385 e. The monoisotopic (exact) mass is 350 g/mol. The van der Waals surface area contributed by atoms with Crippen LogP contribution in [-0.2, 0) is 4.74 Å². The number of piperazine rings is 1. The van der Waals surface area contributed by atoms with E-state index in [-0.39, 0.29) is 0 Å². The second kappa shape index (κ2) is 8.21. The maximum absolute atomic E-state index is 5.26. The van der Waals surface area contributed by atoms with Crippen molar-refractivity contribution in [1.29, 1.82) is 0 Å². The molecule has 134 valence electrons. The molecule has 1 N–H and O–H groups in total. The number of hydrogen-bond acceptors (Lipinski definition) is 4. The van der Waals surface area contributed by atoms with Crippen LogP contribution in [0.5, 0.6) is 0 Å². The largest absolute Gasteiger partial charge is 0.385 e. The van der Waals surface area contributed by atoms with Gasteiger partial charge in [0.1, 0.15) is 0 Å². The Hall–Kier alpha value is -1.27. The normalized spacial score (nSPS) is 20.3. The Morgan fingerprint density at radius 1 is 1.33 bits per heavy atom. The molecule has 1 aliphatic heterocycles. The molecule has 2 fully saturated rings. The maximum Gasteiger partial charge on any atom is 0.194 e. The summed E-state index contributed by atoms with van der Waals surface area (Å²) < 4.78 is 5.26. The number of guanidine groups is 1. The smallest absolute Gasteiger partial charge is 0.194 e. The topological polar surface area (TPSA) is 40.1 Å². The molecule has 1 aliphatic carbocycles. The molecule has 6 heteroatoms. The highest BCUT2D eigenvalue weighted by Gasteiger charge is 2.42. The van der Waals surface area contributed by atoms with Crippen molar-refractivity contribution >= 4 is 22.3 Å². The summed E-state index contributed by atoms with van der Waals surface area (Å²) in [5, 5.41) is 7.02.